The summed E-state index contributed by atoms with van der Waals surface area (Å²) in [5.41, 5.74) is 1.45. The summed E-state index contributed by atoms with van der Waals surface area (Å²) < 4.78 is 14.1. The molecule has 2 aromatic carbocycles. The average molecular weight is 399 g/mol. The van der Waals surface area contributed by atoms with Gasteiger partial charge in [0, 0.05) is 13.1 Å². The summed E-state index contributed by atoms with van der Waals surface area (Å²) in [5.74, 6) is -0.774. The molecule has 5 heteroatoms. The van der Waals surface area contributed by atoms with Crippen LogP contribution in [0.2, 0.25) is 0 Å². The third-order valence-corrected chi connectivity index (χ3v) is 5.00. The highest BCUT2D eigenvalue weighted by Gasteiger charge is 2.28. The second-order valence-electron chi connectivity index (χ2n) is 7.16. The fourth-order valence-corrected chi connectivity index (χ4v) is 3.31. The summed E-state index contributed by atoms with van der Waals surface area (Å²) in [6.45, 7) is 4.97. The first-order valence-electron chi connectivity index (χ1n) is 10.4. The summed E-state index contributed by atoms with van der Waals surface area (Å²) in [5, 5.41) is 2.94. The van der Waals surface area contributed by atoms with Gasteiger partial charge in [-0.2, -0.15) is 0 Å². The number of rotatable bonds is 11. The van der Waals surface area contributed by atoms with Crippen LogP contribution >= 0.6 is 0 Å². The van der Waals surface area contributed by atoms with Gasteiger partial charge in [0.25, 0.3) is 0 Å². The van der Waals surface area contributed by atoms with Crippen LogP contribution in [0.4, 0.5) is 4.39 Å². The second-order valence-corrected chi connectivity index (χ2v) is 7.16. The lowest BCUT2D eigenvalue weighted by molar-refractivity contribution is -0.140. The Hall–Kier alpha value is -2.69. The highest BCUT2D eigenvalue weighted by Crippen LogP contribution is 2.14. The smallest absolute Gasteiger partial charge is 0.242 e. The largest absolute Gasteiger partial charge is 0.354 e. The van der Waals surface area contributed by atoms with E-state index in [1.54, 1.807) is 23.1 Å². The van der Waals surface area contributed by atoms with E-state index in [0.29, 0.717) is 31.5 Å². The monoisotopic (exact) mass is 398 g/mol. The highest BCUT2D eigenvalue weighted by molar-refractivity contribution is 5.88. The maximum Gasteiger partial charge on any atom is 0.242 e. The van der Waals surface area contributed by atoms with E-state index < -0.39 is 11.9 Å². The number of hydrogen-bond acceptors (Lipinski definition) is 2. The molecule has 1 unspecified atom stereocenters. The van der Waals surface area contributed by atoms with Crippen molar-refractivity contribution in [1.82, 2.24) is 10.2 Å². The molecule has 29 heavy (non-hydrogen) atoms. The molecule has 156 valence electrons. The van der Waals surface area contributed by atoms with Gasteiger partial charge in [0.2, 0.25) is 11.8 Å². The van der Waals surface area contributed by atoms with Crippen LogP contribution in [-0.2, 0) is 22.4 Å². The van der Waals surface area contributed by atoms with Crippen LogP contribution in [0.5, 0.6) is 0 Å². The maximum absolute atomic E-state index is 14.1. The van der Waals surface area contributed by atoms with Crippen molar-refractivity contribution in [3.8, 4) is 0 Å². The van der Waals surface area contributed by atoms with Gasteiger partial charge in [-0.1, -0.05) is 68.8 Å². The number of halogens is 1. The molecule has 0 aliphatic rings. The molecule has 0 saturated heterocycles. The van der Waals surface area contributed by atoms with Crippen LogP contribution in [0.3, 0.4) is 0 Å². The zero-order valence-corrected chi connectivity index (χ0v) is 17.4. The first-order chi connectivity index (χ1) is 14.1. The van der Waals surface area contributed by atoms with Crippen LogP contribution in [0, 0.1) is 5.82 Å². The van der Waals surface area contributed by atoms with Crippen LogP contribution in [0.1, 0.15) is 44.2 Å². The molecule has 0 aromatic heterocycles. The fourth-order valence-electron chi connectivity index (χ4n) is 3.31. The molecule has 0 fully saturated rings. The van der Waals surface area contributed by atoms with Gasteiger partial charge in [0.1, 0.15) is 11.9 Å². The van der Waals surface area contributed by atoms with E-state index in [1.165, 1.54) is 6.07 Å². The number of nitrogens with zero attached hydrogens (tertiary/aromatic N) is 1. The predicted octanol–water partition coefficient (Wildman–Crippen LogP) is 4.13. The molecule has 0 spiro atoms. The molecule has 0 heterocycles. The molecule has 0 radical (unpaired) electrons. The van der Waals surface area contributed by atoms with Crippen LogP contribution in [0.15, 0.2) is 54.6 Å². The molecule has 0 bridgehead atoms. The molecule has 2 aromatic rings. The van der Waals surface area contributed by atoms with Crippen molar-refractivity contribution < 1.29 is 14.0 Å². The lowest BCUT2D eigenvalue weighted by Gasteiger charge is -2.31. The van der Waals surface area contributed by atoms with E-state index in [1.807, 2.05) is 37.3 Å². The Kier molecular flexibility index (Phi) is 9.35. The van der Waals surface area contributed by atoms with E-state index in [4.69, 9.17) is 0 Å². The Morgan fingerprint density at radius 1 is 1.03 bits per heavy atom. The maximum atomic E-state index is 14.1. The second kappa shape index (κ2) is 12.0. The normalized spacial score (nSPS) is 11.7. The number of unbranched alkanes of at least 4 members (excludes halogenated alkanes) is 1. The molecule has 2 amide bonds. The number of benzene rings is 2. The van der Waals surface area contributed by atoms with Gasteiger partial charge in [-0.05, 0) is 36.5 Å². The summed E-state index contributed by atoms with van der Waals surface area (Å²) in [7, 11) is 0. The third kappa shape index (κ3) is 7.00. The van der Waals surface area contributed by atoms with Gasteiger partial charge in [0.05, 0.1) is 6.42 Å². The number of hydrogen-bond donors (Lipinski definition) is 1. The lowest BCUT2D eigenvalue weighted by Crippen LogP contribution is -2.50. The number of carbonyl (C=O) groups excluding carboxylic acids is 2. The van der Waals surface area contributed by atoms with Crippen molar-refractivity contribution in [2.45, 2.75) is 52.0 Å². The molecule has 0 aliphatic carbocycles. The fraction of sp³-hybridized carbons (Fsp3) is 0.417. The minimum absolute atomic E-state index is 0.0554. The van der Waals surface area contributed by atoms with Crippen LogP contribution in [-0.4, -0.2) is 35.8 Å². The number of carbonyl (C=O) groups is 2. The number of nitrogens with one attached hydrogen (secondary N) is 1. The summed E-state index contributed by atoms with van der Waals surface area (Å²) >= 11 is 0. The SMILES string of the molecule is CCCCNC(=O)C(CC)N(CCc1ccccc1)C(=O)Cc1ccccc1F. The Morgan fingerprint density at radius 3 is 2.38 bits per heavy atom. The Morgan fingerprint density at radius 2 is 1.72 bits per heavy atom. The average Bonchev–Trinajstić information content (AvgIpc) is 2.73. The van der Waals surface area contributed by atoms with Crippen molar-refractivity contribution in [3.63, 3.8) is 0 Å². The van der Waals surface area contributed by atoms with Crippen molar-refractivity contribution in [2.24, 2.45) is 0 Å². The van der Waals surface area contributed by atoms with E-state index in [2.05, 4.69) is 12.2 Å². The Labute approximate surface area is 173 Å². The van der Waals surface area contributed by atoms with E-state index >= 15 is 0 Å². The topological polar surface area (TPSA) is 49.4 Å². The lowest BCUT2D eigenvalue weighted by atomic mass is 10.1. The first-order valence-corrected chi connectivity index (χ1v) is 10.4. The van der Waals surface area contributed by atoms with E-state index in [-0.39, 0.29) is 18.2 Å². The van der Waals surface area contributed by atoms with Crippen molar-refractivity contribution >= 4 is 11.8 Å². The molecule has 1 N–H and O–H groups in total. The van der Waals surface area contributed by atoms with Gasteiger partial charge in [0.15, 0.2) is 0 Å². The first kappa shape index (κ1) is 22.6. The molecule has 0 aliphatic heterocycles. The summed E-state index contributed by atoms with van der Waals surface area (Å²) in [6.07, 6.45) is 2.98. The van der Waals surface area contributed by atoms with Gasteiger partial charge in [-0.3, -0.25) is 9.59 Å². The van der Waals surface area contributed by atoms with Crippen LogP contribution < -0.4 is 5.32 Å². The number of amides is 2. The summed E-state index contributed by atoms with van der Waals surface area (Å²) in [6, 6.07) is 15.6. The highest BCUT2D eigenvalue weighted by atomic mass is 19.1. The summed E-state index contributed by atoms with van der Waals surface area (Å²) in [4.78, 5) is 27.5. The predicted molar refractivity (Wildman–Crippen MR) is 114 cm³/mol. The Balaban J connectivity index is 2.17. The van der Waals surface area contributed by atoms with Crippen molar-refractivity contribution in [1.29, 1.82) is 0 Å². The van der Waals surface area contributed by atoms with Gasteiger partial charge < -0.3 is 10.2 Å². The van der Waals surface area contributed by atoms with Gasteiger partial charge in [-0.15, -0.1) is 0 Å². The minimum atomic E-state index is -0.560. The molecule has 2 rings (SSSR count). The quantitative estimate of drug-likeness (QED) is 0.579. The third-order valence-electron chi connectivity index (χ3n) is 5.00. The molecule has 1 atom stereocenters. The molecule has 0 saturated carbocycles. The molecular weight excluding hydrogens is 367 g/mol. The van der Waals surface area contributed by atoms with E-state index in [9.17, 15) is 14.0 Å². The zero-order chi connectivity index (χ0) is 21.1. The van der Waals surface area contributed by atoms with E-state index in [0.717, 1.165) is 18.4 Å². The molecule has 4 nitrogen and oxygen atoms in total. The zero-order valence-electron chi connectivity index (χ0n) is 17.4. The van der Waals surface area contributed by atoms with Crippen molar-refractivity contribution in [3.05, 3.63) is 71.5 Å². The molecular formula is C24H31FN2O2. The van der Waals surface area contributed by atoms with Crippen molar-refractivity contribution in [2.75, 3.05) is 13.1 Å². The van der Waals surface area contributed by atoms with Gasteiger partial charge >= 0.3 is 0 Å². The van der Waals surface area contributed by atoms with Gasteiger partial charge in [-0.25, -0.2) is 4.39 Å². The van der Waals surface area contributed by atoms with Crippen LogP contribution in [0.25, 0.3) is 0 Å². The Bertz CT molecular complexity index is 779. The standard InChI is InChI=1S/C24H31FN2O2/c1-3-5-16-26-24(29)22(4-2)27(17-15-19-11-7-6-8-12-19)23(28)18-20-13-9-10-14-21(20)25/h6-14,22H,3-5,15-18H2,1-2H3,(H,26,29). The minimum Gasteiger partial charge on any atom is -0.354 e.